The highest BCUT2D eigenvalue weighted by atomic mass is 15.0. The minimum atomic E-state index is 0.696. The van der Waals surface area contributed by atoms with Gasteiger partial charge in [0.2, 0.25) is 0 Å². The van der Waals surface area contributed by atoms with E-state index in [2.05, 4.69) is 223 Å². The molecule has 0 aliphatic heterocycles. The van der Waals surface area contributed by atoms with Crippen molar-refractivity contribution in [1.29, 1.82) is 0 Å². The highest BCUT2D eigenvalue weighted by Gasteiger charge is 2.21. The zero-order chi connectivity index (χ0) is 40.3. The zero-order valence-electron chi connectivity index (χ0n) is 33.2. The number of rotatable bonds is 6. The summed E-state index contributed by atoms with van der Waals surface area (Å²) in [4.78, 5) is 10.7. The average Bonchev–Trinajstić information content (AvgIpc) is 3.67. The number of benzene rings is 10. The molecule has 284 valence electrons. The van der Waals surface area contributed by atoms with Gasteiger partial charge in [0, 0.05) is 38.5 Å². The topological polar surface area (TPSA) is 30.7 Å². The Morgan fingerprint density at radius 3 is 1.61 bits per heavy atom. The second kappa shape index (κ2) is 14.3. The Bertz CT molecular complexity index is 3610. The molecule has 0 spiro atoms. The molecule has 0 saturated carbocycles. The summed E-state index contributed by atoms with van der Waals surface area (Å²) in [5, 5.41) is 9.63. The Labute approximate surface area is 353 Å². The fourth-order valence-corrected chi connectivity index (χ4v) is 9.41. The van der Waals surface area contributed by atoms with Crippen LogP contribution in [0.2, 0.25) is 0 Å². The lowest BCUT2D eigenvalue weighted by Gasteiger charge is -2.19. The molecule has 0 radical (unpaired) electrons. The van der Waals surface area contributed by atoms with Crippen LogP contribution in [0.4, 0.5) is 0 Å². The van der Waals surface area contributed by atoms with Gasteiger partial charge in [-0.1, -0.05) is 188 Å². The van der Waals surface area contributed by atoms with E-state index < -0.39 is 0 Å². The largest absolute Gasteiger partial charge is 0.309 e. The van der Waals surface area contributed by atoms with Crippen LogP contribution >= 0.6 is 0 Å². The number of para-hydroxylation sites is 2. The molecule has 10 aromatic carbocycles. The van der Waals surface area contributed by atoms with Gasteiger partial charge in [0.1, 0.15) is 0 Å². The smallest absolute Gasteiger partial charge is 0.160 e. The molecule has 0 unspecified atom stereocenters. The van der Waals surface area contributed by atoms with Crippen molar-refractivity contribution in [2.24, 2.45) is 0 Å². The van der Waals surface area contributed by atoms with Crippen molar-refractivity contribution < 1.29 is 0 Å². The third-order valence-corrected chi connectivity index (χ3v) is 12.2. The summed E-state index contributed by atoms with van der Waals surface area (Å²) < 4.78 is 2.36. The maximum atomic E-state index is 5.44. The molecule has 0 aliphatic rings. The molecule has 3 nitrogen and oxygen atoms in total. The molecular formula is C58H37N3. The number of aromatic nitrogens is 3. The van der Waals surface area contributed by atoms with E-state index in [0.717, 1.165) is 44.7 Å². The number of fused-ring (bicyclic) bond motifs is 7. The predicted octanol–water partition coefficient (Wildman–Crippen LogP) is 15.4. The third-order valence-electron chi connectivity index (χ3n) is 12.2. The SMILES string of the molecule is c1ccc(-c2nc(-c3ccc(-c4ccc5c(c4)c4ccccc4n5-c4ccccc4)cc3)cc(-c3c4ccccc4c(-c4ccccc4)c4ccc5ccccc5c34)n2)cc1. The zero-order valence-corrected chi connectivity index (χ0v) is 33.2. The van der Waals surface area contributed by atoms with E-state index in [1.807, 2.05) is 6.07 Å². The number of hydrogen-bond donors (Lipinski definition) is 0. The molecule has 0 atom stereocenters. The maximum absolute atomic E-state index is 5.44. The van der Waals surface area contributed by atoms with Crippen LogP contribution in [-0.4, -0.2) is 14.5 Å². The van der Waals surface area contributed by atoms with Crippen LogP contribution in [0.25, 0.3) is 116 Å². The van der Waals surface area contributed by atoms with Crippen molar-refractivity contribution in [1.82, 2.24) is 14.5 Å². The van der Waals surface area contributed by atoms with Crippen molar-refractivity contribution >= 4 is 54.1 Å². The lowest BCUT2D eigenvalue weighted by atomic mass is 9.85. The Morgan fingerprint density at radius 2 is 0.852 bits per heavy atom. The van der Waals surface area contributed by atoms with Gasteiger partial charge in [-0.3, -0.25) is 0 Å². The van der Waals surface area contributed by atoms with Gasteiger partial charge in [0.05, 0.1) is 22.4 Å². The summed E-state index contributed by atoms with van der Waals surface area (Å²) in [6, 6.07) is 80.4. The van der Waals surface area contributed by atoms with Crippen LogP contribution < -0.4 is 0 Å². The van der Waals surface area contributed by atoms with Crippen LogP contribution in [0.5, 0.6) is 0 Å². The molecule has 0 N–H and O–H groups in total. The highest BCUT2D eigenvalue weighted by Crippen LogP contribution is 2.46. The maximum Gasteiger partial charge on any atom is 0.160 e. The van der Waals surface area contributed by atoms with E-state index >= 15 is 0 Å². The summed E-state index contributed by atoms with van der Waals surface area (Å²) in [7, 11) is 0. The second-order valence-electron chi connectivity index (χ2n) is 15.7. The third kappa shape index (κ3) is 5.82. The predicted molar refractivity (Wildman–Crippen MR) is 256 cm³/mol. The van der Waals surface area contributed by atoms with Gasteiger partial charge in [0.25, 0.3) is 0 Å². The van der Waals surface area contributed by atoms with Crippen molar-refractivity contribution in [3.05, 3.63) is 224 Å². The minimum absolute atomic E-state index is 0.696. The first kappa shape index (κ1) is 34.9. The van der Waals surface area contributed by atoms with Crippen LogP contribution in [0, 0.1) is 0 Å². The summed E-state index contributed by atoms with van der Waals surface area (Å²) in [6.07, 6.45) is 0. The van der Waals surface area contributed by atoms with Gasteiger partial charge in [-0.05, 0) is 85.6 Å². The van der Waals surface area contributed by atoms with E-state index in [1.165, 1.54) is 65.4 Å². The van der Waals surface area contributed by atoms with Crippen LogP contribution in [0.1, 0.15) is 0 Å². The minimum Gasteiger partial charge on any atom is -0.309 e. The number of nitrogens with zero attached hydrogens (tertiary/aromatic N) is 3. The summed E-state index contributed by atoms with van der Waals surface area (Å²) >= 11 is 0. The quantitative estimate of drug-likeness (QED) is 0.124. The molecule has 12 rings (SSSR count). The molecule has 0 amide bonds. The molecular weight excluding hydrogens is 739 g/mol. The molecule has 12 aromatic rings. The Hall–Kier alpha value is -8.14. The average molecular weight is 776 g/mol. The first-order chi connectivity index (χ1) is 30.3. The molecule has 0 saturated heterocycles. The fourth-order valence-electron chi connectivity index (χ4n) is 9.41. The van der Waals surface area contributed by atoms with E-state index in [1.54, 1.807) is 0 Å². The summed E-state index contributed by atoms with van der Waals surface area (Å²) in [6.45, 7) is 0. The molecule has 0 fully saturated rings. The lowest BCUT2D eigenvalue weighted by Crippen LogP contribution is -1.98. The standard InChI is InChI=1S/C58H37N3/c1-4-17-41(18-5-1)55-47-25-12-13-26-48(47)57(56-45-23-11-10-16-39(45)32-34-49(55)56)52-37-51(59-58(60-52)42-19-6-2-7-20-42)40-30-28-38(29-31-40)43-33-35-54-50(36-43)46-24-14-15-27-53(46)61(54)44-21-8-3-9-22-44/h1-37H. The van der Waals surface area contributed by atoms with Gasteiger partial charge in [0.15, 0.2) is 5.82 Å². The van der Waals surface area contributed by atoms with Gasteiger partial charge in [-0.15, -0.1) is 0 Å². The molecule has 3 heteroatoms. The van der Waals surface area contributed by atoms with Gasteiger partial charge in [-0.2, -0.15) is 0 Å². The molecule has 2 heterocycles. The Morgan fingerprint density at radius 1 is 0.295 bits per heavy atom. The van der Waals surface area contributed by atoms with Crippen LogP contribution in [0.3, 0.4) is 0 Å². The van der Waals surface area contributed by atoms with Gasteiger partial charge < -0.3 is 4.57 Å². The molecule has 0 bridgehead atoms. The Balaban J connectivity index is 1.05. The lowest BCUT2D eigenvalue weighted by molar-refractivity contribution is 1.18. The van der Waals surface area contributed by atoms with Crippen LogP contribution in [0.15, 0.2) is 224 Å². The van der Waals surface area contributed by atoms with Gasteiger partial charge in [-0.25, -0.2) is 9.97 Å². The van der Waals surface area contributed by atoms with Crippen molar-refractivity contribution in [2.45, 2.75) is 0 Å². The molecule has 2 aromatic heterocycles. The monoisotopic (exact) mass is 775 g/mol. The van der Waals surface area contributed by atoms with E-state index in [-0.39, 0.29) is 0 Å². The first-order valence-corrected chi connectivity index (χ1v) is 20.8. The summed E-state index contributed by atoms with van der Waals surface area (Å²) in [5.74, 6) is 0.696. The molecule has 61 heavy (non-hydrogen) atoms. The normalized spacial score (nSPS) is 11.6. The number of hydrogen-bond acceptors (Lipinski definition) is 2. The van der Waals surface area contributed by atoms with Crippen LogP contribution in [-0.2, 0) is 0 Å². The van der Waals surface area contributed by atoms with E-state index in [4.69, 9.17) is 9.97 Å². The highest BCUT2D eigenvalue weighted by molar-refractivity contribution is 6.27. The summed E-state index contributed by atoms with van der Waals surface area (Å²) in [5.41, 5.74) is 13.2. The van der Waals surface area contributed by atoms with E-state index in [9.17, 15) is 0 Å². The van der Waals surface area contributed by atoms with E-state index in [0.29, 0.717) is 5.82 Å². The first-order valence-electron chi connectivity index (χ1n) is 20.8. The second-order valence-corrected chi connectivity index (χ2v) is 15.7. The fraction of sp³-hybridized carbons (Fsp3) is 0. The van der Waals surface area contributed by atoms with Crippen molar-refractivity contribution in [3.8, 4) is 61.8 Å². The van der Waals surface area contributed by atoms with Gasteiger partial charge >= 0.3 is 0 Å². The Kier molecular flexibility index (Phi) is 8.17. The molecule has 0 aliphatic carbocycles. The van der Waals surface area contributed by atoms with Crippen molar-refractivity contribution in [3.63, 3.8) is 0 Å². The van der Waals surface area contributed by atoms with Crippen molar-refractivity contribution in [2.75, 3.05) is 0 Å².